The maximum absolute atomic E-state index is 13.6. The van der Waals surface area contributed by atoms with E-state index in [1.807, 2.05) is 13.8 Å². The first-order valence-electron chi connectivity index (χ1n) is 11.6. The Labute approximate surface area is 218 Å². The summed E-state index contributed by atoms with van der Waals surface area (Å²) in [6, 6.07) is 7.65. The van der Waals surface area contributed by atoms with Crippen LogP contribution in [-0.2, 0) is 14.3 Å². The second-order valence-corrected chi connectivity index (χ2v) is 9.54. The summed E-state index contributed by atoms with van der Waals surface area (Å²) in [4.78, 5) is 34.5. The number of nitrogens with one attached hydrogen (secondary N) is 2. The number of esters is 1. The predicted molar refractivity (Wildman–Crippen MR) is 140 cm³/mol. The number of hydrogen-bond acceptors (Lipinski definition) is 8. The molecule has 0 spiro atoms. The molecule has 4 rings (SSSR count). The Kier molecular flexibility index (Phi) is 7.89. The highest BCUT2D eigenvalue weighted by atomic mass is 35.5. The number of nitrogens with zero attached hydrogens (tertiary/aromatic N) is 3. The molecule has 2 N–H and O–H groups in total. The highest BCUT2D eigenvalue weighted by Crippen LogP contribution is 2.34. The number of benzene rings is 2. The van der Waals surface area contributed by atoms with Crippen LogP contribution in [0.15, 0.2) is 49.3 Å². The predicted octanol–water partition coefficient (Wildman–Crippen LogP) is 4.70. The molecule has 1 amide bonds. The number of halogens is 2. The lowest BCUT2D eigenvalue weighted by atomic mass is 10.0. The third kappa shape index (κ3) is 6.33. The molecule has 0 saturated carbocycles. The Hall–Kier alpha value is -3.76. The molecule has 37 heavy (non-hydrogen) atoms. The monoisotopic (exact) mass is 527 g/mol. The van der Waals surface area contributed by atoms with Gasteiger partial charge in [0.05, 0.1) is 34.9 Å². The fourth-order valence-corrected chi connectivity index (χ4v) is 4.06. The van der Waals surface area contributed by atoms with Crippen LogP contribution in [0.3, 0.4) is 0 Å². The average molecular weight is 528 g/mol. The first kappa shape index (κ1) is 26.3. The van der Waals surface area contributed by atoms with Crippen molar-refractivity contribution < 1.29 is 23.5 Å². The van der Waals surface area contributed by atoms with Gasteiger partial charge in [-0.05, 0) is 50.6 Å². The van der Waals surface area contributed by atoms with Gasteiger partial charge in [0.25, 0.3) is 0 Å². The van der Waals surface area contributed by atoms with Gasteiger partial charge in [0.1, 0.15) is 30.3 Å². The van der Waals surface area contributed by atoms with Gasteiger partial charge >= 0.3 is 5.97 Å². The third-order valence-corrected chi connectivity index (χ3v) is 6.24. The minimum atomic E-state index is -0.528. The molecule has 0 unspecified atom stereocenters. The molecule has 3 aromatic rings. The van der Waals surface area contributed by atoms with Crippen LogP contribution in [0.4, 0.5) is 21.6 Å². The molecule has 11 heteroatoms. The molecule has 0 bridgehead atoms. The molecule has 0 radical (unpaired) electrons. The van der Waals surface area contributed by atoms with Gasteiger partial charge in [-0.3, -0.25) is 14.5 Å². The maximum atomic E-state index is 13.6. The van der Waals surface area contributed by atoms with E-state index in [9.17, 15) is 14.0 Å². The quantitative estimate of drug-likeness (QED) is 0.234. The standard InChI is InChI=1S/C26H27ClFN5O4/c1-4-23(34)32-21-11-17-20(29-15-30-25(17)31-16-6-7-19(28)18(27)10-16)12-22(21)36-9-5-8-33-13-24(35)37-14-26(33,2)3/h4,6-7,10-12,15H,1,5,8-9,13-14H2,2-3H3,(H,32,34)(H,29,30,31). The summed E-state index contributed by atoms with van der Waals surface area (Å²) in [5, 5.41) is 6.45. The Morgan fingerprint density at radius 3 is 2.89 bits per heavy atom. The molecule has 2 heterocycles. The summed E-state index contributed by atoms with van der Waals surface area (Å²) in [5.74, 6) is -0.313. The molecule has 9 nitrogen and oxygen atoms in total. The Balaban J connectivity index is 1.55. The van der Waals surface area contributed by atoms with Crippen molar-refractivity contribution in [3.63, 3.8) is 0 Å². The number of carbonyl (C=O) groups is 2. The molecule has 2 aromatic carbocycles. The number of aromatic nitrogens is 2. The van der Waals surface area contributed by atoms with Crippen LogP contribution < -0.4 is 15.4 Å². The van der Waals surface area contributed by atoms with E-state index in [2.05, 4.69) is 32.1 Å². The second kappa shape index (κ2) is 11.1. The normalized spacial score (nSPS) is 15.2. The summed E-state index contributed by atoms with van der Waals surface area (Å²) in [5.41, 5.74) is 1.26. The number of rotatable bonds is 9. The van der Waals surface area contributed by atoms with Gasteiger partial charge in [0.15, 0.2) is 0 Å². The van der Waals surface area contributed by atoms with Gasteiger partial charge in [0, 0.05) is 23.7 Å². The fraction of sp³-hybridized carbons (Fsp3) is 0.308. The molecule has 194 valence electrons. The van der Waals surface area contributed by atoms with E-state index in [1.165, 1.54) is 24.5 Å². The lowest BCUT2D eigenvalue weighted by molar-refractivity contribution is -0.160. The van der Waals surface area contributed by atoms with Gasteiger partial charge in [-0.1, -0.05) is 18.2 Å². The minimum absolute atomic E-state index is 0.0252. The molecular formula is C26H27ClFN5O4. The molecular weight excluding hydrogens is 501 g/mol. The summed E-state index contributed by atoms with van der Waals surface area (Å²) in [6.07, 6.45) is 3.19. The molecule has 1 aromatic heterocycles. The zero-order chi connectivity index (χ0) is 26.6. The Bertz CT molecular complexity index is 1350. The molecule has 1 saturated heterocycles. The third-order valence-electron chi connectivity index (χ3n) is 5.95. The minimum Gasteiger partial charge on any atom is -0.491 e. The SMILES string of the molecule is C=CC(=O)Nc1cc2c(Nc3ccc(F)c(Cl)c3)ncnc2cc1OCCCN1CC(=O)OCC1(C)C. The number of cyclic esters (lactones) is 1. The van der Waals surface area contributed by atoms with E-state index in [0.29, 0.717) is 60.0 Å². The van der Waals surface area contributed by atoms with Gasteiger partial charge in [-0.2, -0.15) is 0 Å². The van der Waals surface area contributed by atoms with E-state index < -0.39 is 11.7 Å². The second-order valence-electron chi connectivity index (χ2n) is 9.13. The summed E-state index contributed by atoms with van der Waals surface area (Å²) < 4.78 is 24.8. The Morgan fingerprint density at radius 1 is 1.32 bits per heavy atom. The van der Waals surface area contributed by atoms with Gasteiger partial charge in [0.2, 0.25) is 5.91 Å². The molecule has 1 aliphatic heterocycles. The molecule has 0 aliphatic carbocycles. The van der Waals surface area contributed by atoms with Gasteiger partial charge in [-0.25, -0.2) is 14.4 Å². The fourth-order valence-electron chi connectivity index (χ4n) is 3.88. The first-order valence-corrected chi connectivity index (χ1v) is 12.0. The highest BCUT2D eigenvalue weighted by Gasteiger charge is 2.34. The van der Waals surface area contributed by atoms with Crippen LogP contribution in [0, 0.1) is 5.82 Å². The number of ether oxygens (including phenoxy) is 2. The van der Waals surface area contributed by atoms with E-state index in [4.69, 9.17) is 21.1 Å². The van der Waals surface area contributed by atoms with Crippen molar-refractivity contribution >= 4 is 51.6 Å². The van der Waals surface area contributed by atoms with Gasteiger partial charge in [-0.15, -0.1) is 0 Å². The van der Waals surface area contributed by atoms with Crippen molar-refractivity contribution in [1.82, 2.24) is 14.9 Å². The van der Waals surface area contributed by atoms with Crippen molar-refractivity contribution in [2.75, 3.05) is 36.9 Å². The van der Waals surface area contributed by atoms with Crippen molar-refractivity contribution in [2.24, 2.45) is 0 Å². The molecule has 1 fully saturated rings. The molecule has 0 atom stereocenters. The van der Waals surface area contributed by atoms with E-state index in [-0.39, 0.29) is 23.1 Å². The van der Waals surface area contributed by atoms with Crippen LogP contribution in [0.1, 0.15) is 20.3 Å². The van der Waals surface area contributed by atoms with Crippen LogP contribution >= 0.6 is 11.6 Å². The lowest BCUT2D eigenvalue weighted by Crippen LogP contribution is -2.55. The van der Waals surface area contributed by atoms with Gasteiger partial charge < -0.3 is 20.1 Å². The van der Waals surface area contributed by atoms with E-state index in [1.54, 1.807) is 12.1 Å². The number of hydrogen-bond donors (Lipinski definition) is 2. The van der Waals surface area contributed by atoms with Crippen LogP contribution in [0.25, 0.3) is 10.9 Å². The Morgan fingerprint density at radius 2 is 2.14 bits per heavy atom. The number of carbonyl (C=O) groups excluding carboxylic acids is 2. The van der Waals surface area contributed by atoms with Crippen molar-refractivity contribution in [3.05, 3.63) is 60.2 Å². The summed E-state index contributed by atoms with van der Waals surface area (Å²) in [7, 11) is 0. The summed E-state index contributed by atoms with van der Waals surface area (Å²) in [6.45, 7) is 9.11. The molecule has 1 aliphatic rings. The number of fused-ring (bicyclic) bond motifs is 1. The highest BCUT2D eigenvalue weighted by molar-refractivity contribution is 6.31. The zero-order valence-electron chi connectivity index (χ0n) is 20.5. The largest absolute Gasteiger partial charge is 0.491 e. The van der Waals surface area contributed by atoms with Crippen LogP contribution in [0.5, 0.6) is 5.75 Å². The first-order chi connectivity index (χ1) is 17.7. The van der Waals surface area contributed by atoms with Crippen molar-refractivity contribution in [3.8, 4) is 5.75 Å². The number of anilines is 3. The lowest BCUT2D eigenvalue weighted by Gasteiger charge is -2.41. The van der Waals surface area contributed by atoms with E-state index >= 15 is 0 Å². The number of amides is 1. The zero-order valence-corrected chi connectivity index (χ0v) is 21.3. The van der Waals surface area contributed by atoms with Crippen molar-refractivity contribution in [2.45, 2.75) is 25.8 Å². The van der Waals surface area contributed by atoms with Crippen LogP contribution in [-0.4, -0.2) is 58.6 Å². The van der Waals surface area contributed by atoms with Crippen LogP contribution in [0.2, 0.25) is 5.02 Å². The average Bonchev–Trinajstić information content (AvgIpc) is 2.86. The topological polar surface area (TPSA) is 106 Å². The smallest absolute Gasteiger partial charge is 0.320 e. The van der Waals surface area contributed by atoms with E-state index in [0.717, 1.165) is 6.08 Å². The van der Waals surface area contributed by atoms with Crippen molar-refractivity contribution in [1.29, 1.82) is 0 Å². The maximum Gasteiger partial charge on any atom is 0.320 e. The summed E-state index contributed by atoms with van der Waals surface area (Å²) >= 11 is 5.90. The number of morpholine rings is 1.